The molecular formula is C14H17N3O4. The van der Waals surface area contributed by atoms with Gasteiger partial charge in [0, 0.05) is 25.6 Å². The van der Waals surface area contributed by atoms with Gasteiger partial charge in [0.25, 0.3) is 0 Å². The molecule has 0 saturated carbocycles. The average molecular weight is 291 g/mol. The van der Waals surface area contributed by atoms with E-state index >= 15 is 0 Å². The number of hydrogen-bond acceptors (Lipinski definition) is 4. The Hall–Kier alpha value is -2.67. The van der Waals surface area contributed by atoms with Crippen molar-refractivity contribution in [1.29, 1.82) is 0 Å². The lowest BCUT2D eigenvalue weighted by molar-refractivity contribution is 0.146. The Morgan fingerprint density at radius 3 is 2.67 bits per heavy atom. The van der Waals surface area contributed by atoms with Crippen molar-refractivity contribution < 1.29 is 19.4 Å². The van der Waals surface area contributed by atoms with Crippen molar-refractivity contribution in [3.8, 4) is 11.4 Å². The SMILES string of the molecule is COCCOc1cc(NC(=O)O)c(N)cc1-n1cccc1. The van der Waals surface area contributed by atoms with E-state index in [1.165, 1.54) is 0 Å². The van der Waals surface area contributed by atoms with Crippen molar-refractivity contribution in [1.82, 2.24) is 4.57 Å². The van der Waals surface area contributed by atoms with Crippen molar-refractivity contribution in [2.45, 2.75) is 0 Å². The highest BCUT2D eigenvalue weighted by Gasteiger charge is 2.12. The van der Waals surface area contributed by atoms with Crippen LogP contribution in [0.25, 0.3) is 5.69 Å². The van der Waals surface area contributed by atoms with Crippen LogP contribution in [0.4, 0.5) is 16.2 Å². The molecule has 0 aliphatic heterocycles. The summed E-state index contributed by atoms with van der Waals surface area (Å²) in [7, 11) is 1.58. The third-order valence-corrected chi connectivity index (χ3v) is 2.80. The van der Waals surface area contributed by atoms with E-state index in [0.29, 0.717) is 24.7 Å². The molecule has 0 bridgehead atoms. The van der Waals surface area contributed by atoms with Crippen molar-refractivity contribution in [3.63, 3.8) is 0 Å². The molecule has 1 aromatic heterocycles. The molecule has 112 valence electrons. The van der Waals surface area contributed by atoms with Gasteiger partial charge in [0.05, 0.1) is 23.7 Å². The predicted molar refractivity (Wildman–Crippen MR) is 79.2 cm³/mol. The number of ether oxygens (including phenoxy) is 2. The summed E-state index contributed by atoms with van der Waals surface area (Å²) in [6, 6.07) is 6.97. The first-order valence-electron chi connectivity index (χ1n) is 6.30. The molecule has 0 radical (unpaired) electrons. The Balaban J connectivity index is 2.37. The van der Waals surface area contributed by atoms with Crippen LogP contribution in [0.2, 0.25) is 0 Å². The van der Waals surface area contributed by atoms with Crippen LogP contribution in [0, 0.1) is 0 Å². The number of amides is 1. The number of rotatable bonds is 6. The highest BCUT2D eigenvalue weighted by molar-refractivity contribution is 5.89. The van der Waals surface area contributed by atoms with Gasteiger partial charge in [0.15, 0.2) is 0 Å². The first-order valence-corrected chi connectivity index (χ1v) is 6.30. The van der Waals surface area contributed by atoms with Gasteiger partial charge in [-0.25, -0.2) is 4.79 Å². The molecule has 0 aliphatic rings. The molecule has 2 rings (SSSR count). The van der Waals surface area contributed by atoms with Crippen molar-refractivity contribution >= 4 is 17.5 Å². The number of methoxy groups -OCH3 is 1. The van der Waals surface area contributed by atoms with Gasteiger partial charge in [-0.05, 0) is 18.2 Å². The molecule has 1 heterocycles. The summed E-state index contributed by atoms with van der Waals surface area (Å²) >= 11 is 0. The van der Waals surface area contributed by atoms with Crippen molar-refractivity contribution in [2.24, 2.45) is 0 Å². The van der Waals surface area contributed by atoms with Crippen LogP contribution in [-0.4, -0.2) is 36.1 Å². The molecule has 7 nitrogen and oxygen atoms in total. The van der Waals surface area contributed by atoms with Crippen molar-refractivity contribution in [3.05, 3.63) is 36.7 Å². The van der Waals surface area contributed by atoms with Gasteiger partial charge in [-0.3, -0.25) is 5.32 Å². The fourth-order valence-electron chi connectivity index (χ4n) is 1.86. The lowest BCUT2D eigenvalue weighted by Gasteiger charge is -2.15. The topological polar surface area (TPSA) is 98.7 Å². The lowest BCUT2D eigenvalue weighted by atomic mass is 10.2. The van der Waals surface area contributed by atoms with Gasteiger partial charge >= 0.3 is 6.09 Å². The van der Waals surface area contributed by atoms with E-state index in [-0.39, 0.29) is 5.69 Å². The largest absolute Gasteiger partial charge is 0.489 e. The van der Waals surface area contributed by atoms with Gasteiger partial charge in [-0.15, -0.1) is 0 Å². The molecule has 0 aliphatic carbocycles. The van der Waals surface area contributed by atoms with Crippen LogP contribution in [-0.2, 0) is 4.74 Å². The zero-order valence-corrected chi connectivity index (χ0v) is 11.6. The maximum atomic E-state index is 10.8. The third kappa shape index (κ3) is 3.67. The van der Waals surface area contributed by atoms with E-state index in [1.54, 1.807) is 19.2 Å². The van der Waals surface area contributed by atoms with Gasteiger partial charge in [-0.2, -0.15) is 0 Å². The number of hydrogen-bond donors (Lipinski definition) is 3. The van der Waals surface area contributed by atoms with E-state index in [1.807, 2.05) is 29.1 Å². The number of anilines is 2. The van der Waals surface area contributed by atoms with Gasteiger partial charge in [0.1, 0.15) is 12.4 Å². The number of nitrogens with one attached hydrogen (secondary N) is 1. The van der Waals surface area contributed by atoms with Crippen LogP contribution >= 0.6 is 0 Å². The molecule has 21 heavy (non-hydrogen) atoms. The molecule has 0 atom stereocenters. The molecule has 1 aromatic carbocycles. The Morgan fingerprint density at radius 2 is 2.05 bits per heavy atom. The van der Waals surface area contributed by atoms with Gasteiger partial charge in [-0.1, -0.05) is 0 Å². The van der Waals surface area contributed by atoms with Crippen LogP contribution in [0.15, 0.2) is 36.7 Å². The van der Waals surface area contributed by atoms with Gasteiger partial charge < -0.3 is 24.9 Å². The van der Waals surface area contributed by atoms with Crippen LogP contribution in [0.5, 0.6) is 5.75 Å². The molecule has 0 fully saturated rings. The Kier molecular flexibility index (Phi) is 4.68. The molecule has 1 amide bonds. The summed E-state index contributed by atoms with van der Waals surface area (Å²) in [5, 5.41) is 11.1. The van der Waals surface area contributed by atoms with Crippen LogP contribution < -0.4 is 15.8 Å². The lowest BCUT2D eigenvalue weighted by Crippen LogP contribution is -2.12. The Bertz CT molecular complexity index is 611. The molecule has 0 spiro atoms. The highest BCUT2D eigenvalue weighted by Crippen LogP contribution is 2.32. The summed E-state index contributed by atoms with van der Waals surface area (Å²) in [6.45, 7) is 0.776. The molecule has 0 saturated heterocycles. The number of nitrogens with zero attached hydrogens (tertiary/aromatic N) is 1. The fraction of sp³-hybridized carbons (Fsp3) is 0.214. The Morgan fingerprint density at radius 1 is 1.33 bits per heavy atom. The maximum absolute atomic E-state index is 10.8. The summed E-state index contributed by atoms with van der Waals surface area (Å²) < 4.78 is 12.4. The number of aromatic nitrogens is 1. The van der Waals surface area contributed by atoms with Crippen LogP contribution in [0.3, 0.4) is 0 Å². The molecular weight excluding hydrogens is 274 g/mol. The minimum Gasteiger partial charge on any atom is -0.489 e. The van der Waals surface area contributed by atoms with E-state index in [4.69, 9.17) is 20.3 Å². The Labute approximate surface area is 121 Å². The number of benzene rings is 1. The minimum absolute atomic E-state index is 0.283. The standard InChI is InChI=1S/C14H17N3O4/c1-20-6-7-21-13-9-11(16-14(18)19)10(15)8-12(13)17-4-2-3-5-17/h2-5,8-9,16H,6-7,15H2,1H3,(H,18,19). The number of carbonyl (C=O) groups is 1. The zero-order valence-electron chi connectivity index (χ0n) is 11.6. The number of nitrogens with two attached hydrogens (primary N) is 1. The molecule has 4 N–H and O–H groups in total. The molecule has 2 aromatic rings. The molecule has 7 heteroatoms. The third-order valence-electron chi connectivity index (χ3n) is 2.80. The maximum Gasteiger partial charge on any atom is 0.409 e. The smallest absolute Gasteiger partial charge is 0.409 e. The first kappa shape index (κ1) is 14.7. The van der Waals surface area contributed by atoms with Crippen LogP contribution in [0.1, 0.15) is 0 Å². The summed E-state index contributed by atoms with van der Waals surface area (Å²) in [4.78, 5) is 10.8. The van der Waals surface area contributed by atoms with E-state index in [9.17, 15) is 4.79 Å². The van der Waals surface area contributed by atoms with E-state index in [0.717, 1.165) is 5.69 Å². The van der Waals surface area contributed by atoms with Gasteiger partial charge in [0.2, 0.25) is 0 Å². The summed E-state index contributed by atoms with van der Waals surface area (Å²) in [6.07, 6.45) is 2.52. The van der Waals surface area contributed by atoms with E-state index < -0.39 is 6.09 Å². The fourth-order valence-corrected chi connectivity index (χ4v) is 1.86. The average Bonchev–Trinajstić information content (AvgIpc) is 2.95. The highest BCUT2D eigenvalue weighted by atomic mass is 16.5. The second kappa shape index (κ2) is 6.67. The molecule has 0 unspecified atom stereocenters. The monoisotopic (exact) mass is 291 g/mol. The van der Waals surface area contributed by atoms with Crippen molar-refractivity contribution in [2.75, 3.05) is 31.4 Å². The second-order valence-electron chi connectivity index (χ2n) is 4.27. The normalized spacial score (nSPS) is 10.3. The van der Waals surface area contributed by atoms with E-state index in [2.05, 4.69) is 5.32 Å². The quantitative estimate of drug-likeness (QED) is 0.559. The number of nitrogen functional groups attached to an aromatic ring is 1. The number of carboxylic acid groups (broad SMARTS) is 1. The minimum atomic E-state index is -1.18. The summed E-state index contributed by atoms with van der Waals surface area (Å²) in [5.41, 5.74) is 7.21. The zero-order chi connectivity index (χ0) is 15.2. The summed E-state index contributed by atoms with van der Waals surface area (Å²) in [5.74, 6) is 0.515. The predicted octanol–water partition coefficient (Wildman–Crippen LogP) is 2.17. The second-order valence-corrected chi connectivity index (χ2v) is 4.27. The first-order chi connectivity index (χ1) is 10.1.